The van der Waals surface area contributed by atoms with Crippen LogP contribution in [0, 0.1) is 0 Å². The average Bonchev–Trinajstić information content (AvgIpc) is 2.77. The maximum atomic E-state index is 9.08. The summed E-state index contributed by atoms with van der Waals surface area (Å²) in [6, 6.07) is 7.49. The first kappa shape index (κ1) is 17.8. The SMILES string of the molecule is COc1cc2c(c(OC)c1OC)-c1ccc(OP(O)O)cc1CCC2. The van der Waals surface area contributed by atoms with Crippen LogP contribution in [-0.4, -0.2) is 31.1 Å². The van der Waals surface area contributed by atoms with Gasteiger partial charge in [-0.3, -0.25) is 0 Å². The summed E-state index contributed by atoms with van der Waals surface area (Å²) < 4.78 is 21.7. The van der Waals surface area contributed by atoms with Crippen molar-refractivity contribution in [3.63, 3.8) is 0 Å². The van der Waals surface area contributed by atoms with Gasteiger partial charge in [-0.1, -0.05) is 6.07 Å². The number of hydrogen-bond acceptors (Lipinski definition) is 6. The van der Waals surface area contributed by atoms with E-state index in [-0.39, 0.29) is 0 Å². The van der Waals surface area contributed by atoms with Gasteiger partial charge in [-0.2, -0.15) is 0 Å². The Balaban J connectivity index is 2.21. The lowest BCUT2D eigenvalue weighted by Crippen LogP contribution is -2.00. The molecule has 0 amide bonds. The summed E-state index contributed by atoms with van der Waals surface area (Å²) in [5.74, 6) is 2.29. The molecule has 0 spiro atoms. The minimum atomic E-state index is -2.43. The summed E-state index contributed by atoms with van der Waals surface area (Å²) in [5.41, 5.74) is 4.21. The van der Waals surface area contributed by atoms with Crippen molar-refractivity contribution >= 4 is 8.60 Å². The highest BCUT2D eigenvalue weighted by Gasteiger charge is 2.25. The van der Waals surface area contributed by atoms with Gasteiger partial charge in [0.05, 0.1) is 21.3 Å². The van der Waals surface area contributed by atoms with Gasteiger partial charge in [0.2, 0.25) is 5.75 Å². The maximum Gasteiger partial charge on any atom is 0.391 e. The molecule has 0 radical (unpaired) electrons. The highest BCUT2D eigenvalue weighted by atomic mass is 31.2. The Morgan fingerprint density at radius 1 is 0.880 bits per heavy atom. The molecule has 6 nitrogen and oxygen atoms in total. The molecule has 2 aromatic rings. The molecule has 2 aromatic carbocycles. The predicted octanol–water partition coefficient (Wildman–Crippen LogP) is 3.46. The van der Waals surface area contributed by atoms with E-state index in [1.54, 1.807) is 27.4 Å². The fraction of sp³-hybridized carbons (Fsp3) is 0.333. The van der Waals surface area contributed by atoms with E-state index in [4.69, 9.17) is 28.5 Å². The Bertz CT molecular complexity index is 775. The van der Waals surface area contributed by atoms with Gasteiger partial charge in [0, 0.05) is 5.56 Å². The zero-order valence-electron chi connectivity index (χ0n) is 14.4. The van der Waals surface area contributed by atoms with Crippen molar-refractivity contribution in [3.05, 3.63) is 35.4 Å². The van der Waals surface area contributed by atoms with Gasteiger partial charge in [0.15, 0.2) is 11.5 Å². The third kappa shape index (κ3) is 3.38. The molecule has 1 aliphatic rings. The molecule has 0 bridgehead atoms. The smallest absolute Gasteiger partial charge is 0.391 e. The molecule has 1 aliphatic carbocycles. The third-order valence-corrected chi connectivity index (χ3v) is 4.71. The number of benzene rings is 2. The Hall–Kier alpha value is -2.01. The highest BCUT2D eigenvalue weighted by Crippen LogP contribution is 2.49. The molecule has 25 heavy (non-hydrogen) atoms. The van der Waals surface area contributed by atoms with Gasteiger partial charge in [0.1, 0.15) is 5.75 Å². The van der Waals surface area contributed by atoms with Crippen LogP contribution in [0.3, 0.4) is 0 Å². The van der Waals surface area contributed by atoms with Gasteiger partial charge in [-0.05, 0) is 54.2 Å². The van der Waals surface area contributed by atoms with Crippen LogP contribution in [0.15, 0.2) is 24.3 Å². The third-order valence-electron chi connectivity index (χ3n) is 4.34. The molecule has 0 saturated heterocycles. The van der Waals surface area contributed by atoms with Gasteiger partial charge in [0.25, 0.3) is 0 Å². The van der Waals surface area contributed by atoms with E-state index >= 15 is 0 Å². The summed E-state index contributed by atoms with van der Waals surface area (Å²) >= 11 is 0. The molecule has 2 N–H and O–H groups in total. The molecular formula is C18H21O6P. The Kier molecular flexibility index (Phi) is 5.33. The van der Waals surface area contributed by atoms with Crippen LogP contribution in [0.1, 0.15) is 17.5 Å². The van der Waals surface area contributed by atoms with Crippen molar-refractivity contribution in [2.75, 3.05) is 21.3 Å². The van der Waals surface area contributed by atoms with E-state index in [2.05, 4.69) is 0 Å². The molecule has 0 aromatic heterocycles. The fourth-order valence-corrected chi connectivity index (χ4v) is 3.64. The summed E-state index contributed by atoms with van der Waals surface area (Å²) in [6.07, 6.45) is 2.68. The summed E-state index contributed by atoms with van der Waals surface area (Å²) in [5, 5.41) is 0. The van der Waals surface area contributed by atoms with Gasteiger partial charge >= 0.3 is 8.60 Å². The number of aryl methyl sites for hydroxylation is 2. The molecule has 0 heterocycles. The zero-order chi connectivity index (χ0) is 18.0. The van der Waals surface area contributed by atoms with Crippen molar-refractivity contribution < 1.29 is 28.5 Å². The lowest BCUT2D eigenvalue weighted by molar-refractivity contribution is 0.324. The van der Waals surface area contributed by atoms with Crippen molar-refractivity contribution in [1.82, 2.24) is 0 Å². The highest BCUT2D eigenvalue weighted by molar-refractivity contribution is 7.39. The van der Waals surface area contributed by atoms with Crippen molar-refractivity contribution in [2.24, 2.45) is 0 Å². The maximum absolute atomic E-state index is 9.08. The molecule has 3 rings (SSSR count). The lowest BCUT2D eigenvalue weighted by atomic mass is 9.94. The zero-order valence-corrected chi connectivity index (χ0v) is 15.3. The first-order valence-electron chi connectivity index (χ1n) is 7.90. The molecule has 0 unspecified atom stereocenters. The minimum Gasteiger partial charge on any atom is -0.493 e. The first-order valence-corrected chi connectivity index (χ1v) is 9.06. The molecule has 0 saturated carbocycles. The molecule has 7 heteroatoms. The molecule has 0 atom stereocenters. The second-order valence-electron chi connectivity index (χ2n) is 5.70. The fourth-order valence-electron chi connectivity index (χ4n) is 3.34. The first-order chi connectivity index (χ1) is 12.1. The van der Waals surface area contributed by atoms with Crippen molar-refractivity contribution in [2.45, 2.75) is 19.3 Å². The van der Waals surface area contributed by atoms with E-state index < -0.39 is 8.60 Å². The average molecular weight is 364 g/mol. The monoisotopic (exact) mass is 364 g/mol. The Morgan fingerprint density at radius 2 is 1.60 bits per heavy atom. The minimum absolute atomic E-state index is 0.442. The summed E-state index contributed by atoms with van der Waals surface area (Å²) in [6.45, 7) is 0. The predicted molar refractivity (Wildman–Crippen MR) is 95.5 cm³/mol. The quantitative estimate of drug-likeness (QED) is 0.792. The topological polar surface area (TPSA) is 77.4 Å². The number of fused-ring (bicyclic) bond motifs is 3. The van der Waals surface area contributed by atoms with Gasteiger partial charge < -0.3 is 28.5 Å². The summed E-state index contributed by atoms with van der Waals surface area (Å²) in [4.78, 5) is 18.2. The van der Waals surface area contributed by atoms with Crippen LogP contribution < -0.4 is 18.7 Å². The summed E-state index contributed by atoms with van der Waals surface area (Å²) in [7, 11) is 2.38. The van der Waals surface area contributed by atoms with E-state index in [9.17, 15) is 0 Å². The number of methoxy groups -OCH3 is 3. The van der Waals surface area contributed by atoms with Crippen molar-refractivity contribution in [3.8, 4) is 34.1 Å². The molecular weight excluding hydrogens is 343 g/mol. The number of hydrogen-bond donors (Lipinski definition) is 2. The molecule has 134 valence electrons. The number of rotatable bonds is 5. The molecule has 0 fully saturated rings. The van der Waals surface area contributed by atoms with Crippen LogP contribution in [0.25, 0.3) is 11.1 Å². The largest absolute Gasteiger partial charge is 0.493 e. The Labute approximate surface area is 147 Å². The van der Waals surface area contributed by atoms with Crippen LogP contribution in [0.2, 0.25) is 0 Å². The Morgan fingerprint density at radius 3 is 2.24 bits per heavy atom. The van der Waals surface area contributed by atoms with E-state index in [1.165, 1.54) is 0 Å². The van der Waals surface area contributed by atoms with Crippen LogP contribution >= 0.6 is 8.60 Å². The molecule has 0 aliphatic heterocycles. The van der Waals surface area contributed by atoms with Crippen LogP contribution in [0.4, 0.5) is 0 Å². The van der Waals surface area contributed by atoms with Crippen LogP contribution in [-0.2, 0) is 12.8 Å². The van der Waals surface area contributed by atoms with Gasteiger partial charge in [-0.25, -0.2) is 0 Å². The second kappa shape index (κ2) is 7.48. The van der Waals surface area contributed by atoms with E-state index in [0.717, 1.165) is 41.5 Å². The second-order valence-corrected chi connectivity index (χ2v) is 6.38. The van der Waals surface area contributed by atoms with E-state index in [0.29, 0.717) is 23.0 Å². The van der Waals surface area contributed by atoms with Crippen molar-refractivity contribution in [1.29, 1.82) is 0 Å². The van der Waals surface area contributed by atoms with E-state index in [1.807, 2.05) is 18.2 Å². The van der Waals surface area contributed by atoms with Crippen LogP contribution in [0.5, 0.6) is 23.0 Å². The number of ether oxygens (including phenoxy) is 3. The standard InChI is InChI=1S/C18H21O6P/c1-21-15-10-12-6-4-5-11-9-13(24-25(19)20)7-8-14(11)16(12)18(23-3)17(15)22-2/h7-10,19-20H,4-6H2,1-3H3. The van der Waals surface area contributed by atoms with Gasteiger partial charge in [-0.15, -0.1) is 0 Å². The lowest BCUT2D eigenvalue weighted by Gasteiger charge is -2.20. The normalized spacial score (nSPS) is 12.9.